The predicted octanol–water partition coefficient (Wildman–Crippen LogP) is 4.07. The van der Waals surface area contributed by atoms with E-state index >= 15 is 0 Å². The summed E-state index contributed by atoms with van der Waals surface area (Å²) in [6, 6.07) is 9.93. The first-order valence-electron chi connectivity index (χ1n) is 10.7. The van der Waals surface area contributed by atoms with Gasteiger partial charge in [-0.3, -0.25) is 0 Å². The van der Waals surface area contributed by atoms with Crippen LogP contribution < -0.4 is 15.3 Å². The largest absolute Gasteiger partial charge is 0.473 e. The third kappa shape index (κ3) is 4.28. The second-order valence-corrected chi connectivity index (χ2v) is 7.80. The number of hydrogen-bond acceptors (Lipinski definition) is 8. The number of aryl methyl sites for hydroxylation is 1. The Bertz CT molecular complexity index is 1280. The van der Waals surface area contributed by atoms with Gasteiger partial charge in [0.1, 0.15) is 11.3 Å². The van der Waals surface area contributed by atoms with Crippen LogP contribution in [0.25, 0.3) is 11.0 Å². The van der Waals surface area contributed by atoms with Gasteiger partial charge < -0.3 is 23.5 Å². The number of benzene rings is 2. The molecule has 0 bridgehead atoms. The first kappa shape index (κ1) is 22.4. The second-order valence-electron chi connectivity index (χ2n) is 7.80. The van der Waals surface area contributed by atoms with Crippen molar-refractivity contribution in [3.8, 4) is 5.75 Å². The number of carbonyl (C=O) groups is 2. The third-order valence-electron chi connectivity index (χ3n) is 5.75. The molecule has 0 saturated heterocycles. The van der Waals surface area contributed by atoms with Crippen molar-refractivity contribution < 1.29 is 28.2 Å². The molecule has 1 aromatic heterocycles. The van der Waals surface area contributed by atoms with Gasteiger partial charge in [0.15, 0.2) is 6.73 Å². The quantitative estimate of drug-likeness (QED) is 0.409. The zero-order valence-electron chi connectivity index (χ0n) is 18.8. The van der Waals surface area contributed by atoms with Gasteiger partial charge in [-0.2, -0.15) is 0 Å². The van der Waals surface area contributed by atoms with E-state index in [4.69, 9.17) is 18.6 Å². The van der Waals surface area contributed by atoms with E-state index in [1.165, 1.54) is 26.4 Å². The summed E-state index contributed by atoms with van der Waals surface area (Å²) < 4.78 is 21.3. The molecule has 8 heteroatoms. The van der Waals surface area contributed by atoms with Crippen molar-refractivity contribution in [3.63, 3.8) is 0 Å². The smallest absolute Gasteiger partial charge is 0.339 e. The van der Waals surface area contributed by atoms with Gasteiger partial charge in [0.25, 0.3) is 0 Å². The van der Waals surface area contributed by atoms with Crippen LogP contribution in [0, 0.1) is 0 Å². The highest BCUT2D eigenvalue weighted by molar-refractivity contribution is 5.99. The number of esters is 2. The molecular formula is C25H25NO7. The minimum atomic E-state index is -0.543. The van der Waals surface area contributed by atoms with Gasteiger partial charge in [-0.1, -0.05) is 13.3 Å². The molecule has 1 aliphatic heterocycles. The van der Waals surface area contributed by atoms with E-state index in [0.29, 0.717) is 29.1 Å². The topological polar surface area (TPSA) is 95.3 Å². The fraction of sp³-hybridized carbons (Fsp3) is 0.320. The molecule has 1 aliphatic rings. The van der Waals surface area contributed by atoms with Crippen LogP contribution in [-0.4, -0.2) is 32.9 Å². The number of anilines is 1. The lowest BCUT2D eigenvalue weighted by Gasteiger charge is -2.32. The number of carbonyl (C=O) groups excluding carboxylic acids is 2. The van der Waals surface area contributed by atoms with Gasteiger partial charge in [0.2, 0.25) is 0 Å². The maximum atomic E-state index is 12.4. The summed E-state index contributed by atoms with van der Waals surface area (Å²) >= 11 is 0. The Morgan fingerprint density at radius 3 is 2.58 bits per heavy atom. The normalized spacial score (nSPS) is 12.8. The minimum Gasteiger partial charge on any atom is -0.473 e. The van der Waals surface area contributed by atoms with Gasteiger partial charge in [0.05, 0.1) is 43.1 Å². The van der Waals surface area contributed by atoms with Crippen LogP contribution in [-0.2, 0) is 22.4 Å². The number of nitrogens with zero attached hydrogens (tertiary/aromatic N) is 1. The van der Waals surface area contributed by atoms with E-state index in [9.17, 15) is 14.4 Å². The Morgan fingerprint density at radius 2 is 1.85 bits per heavy atom. The number of ether oxygens (including phenoxy) is 3. The summed E-state index contributed by atoms with van der Waals surface area (Å²) in [5.74, 6) is -0.459. The molecule has 0 atom stereocenters. The average Bonchev–Trinajstić information content (AvgIpc) is 2.85. The molecule has 33 heavy (non-hydrogen) atoms. The number of hydrogen-bond donors (Lipinski definition) is 0. The molecule has 3 aromatic rings. The fourth-order valence-corrected chi connectivity index (χ4v) is 4.05. The number of rotatable bonds is 6. The van der Waals surface area contributed by atoms with Crippen molar-refractivity contribution in [1.82, 2.24) is 0 Å². The van der Waals surface area contributed by atoms with Crippen LogP contribution in [0.5, 0.6) is 5.75 Å². The highest BCUT2D eigenvalue weighted by Gasteiger charge is 2.27. The Kier molecular flexibility index (Phi) is 6.35. The Balaban J connectivity index is 1.81. The van der Waals surface area contributed by atoms with Crippen molar-refractivity contribution in [2.45, 2.75) is 32.7 Å². The Morgan fingerprint density at radius 1 is 1.06 bits per heavy atom. The lowest BCUT2D eigenvalue weighted by molar-refractivity contribution is 0.0587. The zero-order valence-corrected chi connectivity index (χ0v) is 18.8. The standard InChI is InChI=1S/C25H25NO7/c1-4-5-6-15-12-22(27)33-23-17(15)9-10-21-19(23)13-26(14-32-21)20-11-16(24(28)30-2)7-8-18(20)25(29)31-3/h7-12H,4-6,13-14H2,1-3H3. The van der Waals surface area contributed by atoms with E-state index in [0.717, 1.165) is 30.2 Å². The van der Waals surface area contributed by atoms with Crippen LogP contribution in [0.15, 0.2) is 45.6 Å². The van der Waals surface area contributed by atoms with Crippen molar-refractivity contribution >= 4 is 28.6 Å². The predicted molar refractivity (Wildman–Crippen MR) is 122 cm³/mol. The number of methoxy groups -OCH3 is 2. The van der Waals surface area contributed by atoms with Crippen molar-refractivity contribution in [3.05, 3.63) is 69.1 Å². The molecule has 0 unspecified atom stereocenters. The molecule has 0 radical (unpaired) electrons. The molecular weight excluding hydrogens is 426 g/mol. The number of unbranched alkanes of at least 4 members (excludes halogenated alkanes) is 1. The fourth-order valence-electron chi connectivity index (χ4n) is 4.05. The summed E-state index contributed by atoms with van der Waals surface area (Å²) in [6.45, 7) is 2.54. The summed E-state index contributed by atoms with van der Waals surface area (Å²) in [4.78, 5) is 38.6. The van der Waals surface area contributed by atoms with E-state index in [1.54, 1.807) is 17.0 Å². The maximum absolute atomic E-state index is 12.4. The van der Waals surface area contributed by atoms with E-state index < -0.39 is 17.6 Å². The van der Waals surface area contributed by atoms with Gasteiger partial charge in [-0.05, 0) is 48.7 Å². The van der Waals surface area contributed by atoms with E-state index in [-0.39, 0.29) is 17.9 Å². The van der Waals surface area contributed by atoms with Crippen LogP contribution in [0.4, 0.5) is 5.69 Å². The maximum Gasteiger partial charge on any atom is 0.339 e. The highest BCUT2D eigenvalue weighted by Crippen LogP contribution is 2.36. The molecule has 0 saturated carbocycles. The van der Waals surface area contributed by atoms with Crippen LogP contribution >= 0.6 is 0 Å². The number of fused-ring (bicyclic) bond motifs is 3. The first-order valence-corrected chi connectivity index (χ1v) is 10.7. The Hall–Kier alpha value is -3.81. The van der Waals surface area contributed by atoms with Crippen LogP contribution in [0.3, 0.4) is 0 Å². The van der Waals surface area contributed by atoms with Crippen molar-refractivity contribution in [2.24, 2.45) is 0 Å². The van der Waals surface area contributed by atoms with Crippen molar-refractivity contribution in [1.29, 1.82) is 0 Å². The zero-order chi connectivity index (χ0) is 23.5. The lowest BCUT2D eigenvalue weighted by Crippen LogP contribution is -2.33. The molecule has 0 N–H and O–H groups in total. The highest BCUT2D eigenvalue weighted by atomic mass is 16.5. The minimum absolute atomic E-state index is 0.132. The molecule has 0 amide bonds. The summed E-state index contributed by atoms with van der Waals surface area (Å²) in [6.07, 6.45) is 2.74. The van der Waals surface area contributed by atoms with Gasteiger partial charge in [0, 0.05) is 11.5 Å². The van der Waals surface area contributed by atoms with Crippen LogP contribution in [0.1, 0.15) is 51.6 Å². The molecule has 4 rings (SSSR count). The molecule has 0 spiro atoms. The Labute approximate surface area is 190 Å². The van der Waals surface area contributed by atoms with Gasteiger partial charge in [-0.25, -0.2) is 14.4 Å². The van der Waals surface area contributed by atoms with E-state index in [2.05, 4.69) is 6.92 Å². The SMILES string of the molecule is CCCCc1cc(=O)oc2c3c(ccc12)OCN(c1cc(C(=O)OC)ccc1C(=O)OC)C3. The second kappa shape index (κ2) is 9.36. The molecule has 2 aromatic carbocycles. The summed E-state index contributed by atoms with van der Waals surface area (Å²) in [7, 11) is 2.59. The summed E-state index contributed by atoms with van der Waals surface area (Å²) in [5, 5.41) is 0.865. The monoisotopic (exact) mass is 451 g/mol. The molecule has 172 valence electrons. The molecule has 0 aliphatic carbocycles. The third-order valence-corrected chi connectivity index (χ3v) is 5.75. The lowest BCUT2D eigenvalue weighted by atomic mass is 10.0. The first-order chi connectivity index (χ1) is 16.0. The van der Waals surface area contributed by atoms with Crippen molar-refractivity contribution in [2.75, 3.05) is 25.9 Å². The molecule has 2 heterocycles. The average molecular weight is 451 g/mol. The van der Waals surface area contributed by atoms with E-state index in [1.807, 2.05) is 12.1 Å². The van der Waals surface area contributed by atoms with Gasteiger partial charge >= 0.3 is 17.6 Å². The molecule has 0 fully saturated rings. The van der Waals surface area contributed by atoms with Gasteiger partial charge in [-0.15, -0.1) is 0 Å². The molecule has 8 nitrogen and oxygen atoms in total. The summed E-state index contributed by atoms with van der Waals surface area (Å²) in [5.41, 5.74) is 2.72. The van der Waals surface area contributed by atoms with Crippen LogP contribution in [0.2, 0.25) is 0 Å².